The Morgan fingerprint density at radius 2 is 1.56 bits per heavy atom. The second kappa shape index (κ2) is 4.39. The van der Waals surface area contributed by atoms with Gasteiger partial charge in [-0.3, -0.25) is 0 Å². The molecular formula is C16H12OS. The predicted molar refractivity (Wildman–Crippen MR) is 77.2 cm³/mol. The van der Waals surface area contributed by atoms with Crippen LogP contribution in [0.15, 0.2) is 59.0 Å². The highest BCUT2D eigenvalue weighted by molar-refractivity contribution is 7.71. The Labute approximate surface area is 111 Å². The van der Waals surface area contributed by atoms with Gasteiger partial charge in [0.15, 0.2) is 0 Å². The molecule has 1 heterocycles. The quantitative estimate of drug-likeness (QED) is 0.556. The van der Waals surface area contributed by atoms with E-state index in [4.69, 9.17) is 16.6 Å². The fraction of sp³-hybridized carbons (Fsp3) is 0.0625. The van der Waals surface area contributed by atoms with Gasteiger partial charge < -0.3 is 4.42 Å². The Bertz CT molecular complexity index is 757. The third kappa shape index (κ3) is 1.75. The van der Waals surface area contributed by atoms with Crippen molar-refractivity contribution in [3.05, 3.63) is 64.9 Å². The van der Waals surface area contributed by atoms with E-state index >= 15 is 0 Å². The Kier molecular flexibility index (Phi) is 2.73. The average molecular weight is 252 g/mol. The molecule has 1 nitrogen and oxygen atoms in total. The molecule has 0 unspecified atom stereocenters. The van der Waals surface area contributed by atoms with Crippen molar-refractivity contribution in [1.29, 1.82) is 0 Å². The summed E-state index contributed by atoms with van der Waals surface area (Å²) in [5.74, 6) is 0.866. The summed E-state index contributed by atoms with van der Waals surface area (Å²) in [7, 11) is 0. The third-order valence-electron chi connectivity index (χ3n) is 3.04. The number of hydrogen-bond donors (Lipinski definition) is 0. The van der Waals surface area contributed by atoms with Crippen LogP contribution in [0.4, 0.5) is 0 Å². The van der Waals surface area contributed by atoms with E-state index in [1.165, 1.54) is 0 Å². The van der Waals surface area contributed by atoms with Crippen LogP contribution in [0, 0.1) is 11.4 Å². The zero-order valence-electron chi connectivity index (χ0n) is 10.0. The lowest BCUT2D eigenvalue weighted by molar-refractivity contribution is 0.568. The van der Waals surface area contributed by atoms with Crippen LogP contribution in [-0.4, -0.2) is 0 Å². The smallest absolute Gasteiger partial charge is 0.135 e. The Morgan fingerprint density at radius 3 is 2.33 bits per heavy atom. The summed E-state index contributed by atoms with van der Waals surface area (Å²) in [5, 5.41) is 0.997. The highest BCUT2D eigenvalue weighted by Gasteiger charge is 2.09. The normalized spacial score (nSPS) is 10.7. The monoisotopic (exact) mass is 252 g/mol. The largest absolute Gasteiger partial charge is 0.461 e. The van der Waals surface area contributed by atoms with Gasteiger partial charge in [-0.2, -0.15) is 0 Å². The number of para-hydroxylation sites is 1. The predicted octanol–water partition coefficient (Wildman–Crippen LogP) is 5.14. The van der Waals surface area contributed by atoms with Crippen molar-refractivity contribution < 1.29 is 4.42 Å². The van der Waals surface area contributed by atoms with Crippen molar-refractivity contribution in [2.75, 3.05) is 0 Å². The second-order valence-electron chi connectivity index (χ2n) is 4.22. The summed E-state index contributed by atoms with van der Waals surface area (Å²) < 4.78 is 6.72. The topological polar surface area (TPSA) is 13.1 Å². The van der Waals surface area contributed by atoms with Gasteiger partial charge in [-0.05, 0) is 24.6 Å². The summed E-state index contributed by atoms with van der Waals surface area (Å²) in [4.78, 5) is 0. The van der Waals surface area contributed by atoms with E-state index < -0.39 is 0 Å². The maximum Gasteiger partial charge on any atom is 0.135 e. The zero-order chi connectivity index (χ0) is 12.5. The minimum Gasteiger partial charge on any atom is -0.461 e. The van der Waals surface area contributed by atoms with Crippen molar-refractivity contribution in [3.63, 3.8) is 0 Å². The third-order valence-corrected chi connectivity index (χ3v) is 3.46. The molecule has 0 radical (unpaired) electrons. The van der Waals surface area contributed by atoms with Crippen LogP contribution >= 0.6 is 12.2 Å². The molecule has 0 amide bonds. The van der Waals surface area contributed by atoms with E-state index in [9.17, 15) is 0 Å². The molecule has 1 aromatic heterocycles. The highest BCUT2D eigenvalue weighted by Crippen LogP contribution is 2.30. The number of hydrogen-bond acceptors (Lipinski definition) is 2. The molecule has 0 N–H and O–H groups in total. The molecule has 2 aromatic carbocycles. The molecule has 0 aliphatic heterocycles. The summed E-state index contributed by atoms with van der Waals surface area (Å²) in [5.41, 5.74) is 2.97. The summed E-state index contributed by atoms with van der Waals surface area (Å²) >= 11 is 5.60. The molecule has 0 aliphatic rings. The van der Waals surface area contributed by atoms with Crippen molar-refractivity contribution in [1.82, 2.24) is 0 Å². The molecule has 2 heteroatoms. The van der Waals surface area contributed by atoms with Crippen LogP contribution in [0.5, 0.6) is 0 Å². The maximum atomic E-state index is 5.86. The average Bonchev–Trinajstić information content (AvgIpc) is 2.40. The minimum atomic E-state index is 0.847. The number of rotatable bonds is 1. The molecule has 3 rings (SSSR count). The first-order chi connectivity index (χ1) is 8.77. The standard InChI is InChI=1S/C16H12OS/c1-11-15(12-7-3-2-4-8-12)16(18)13-9-5-6-10-14(13)17-11/h2-10H,1H3. The lowest BCUT2D eigenvalue weighted by Gasteiger charge is -2.08. The van der Waals surface area contributed by atoms with Crippen LogP contribution in [0.3, 0.4) is 0 Å². The van der Waals surface area contributed by atoms with E-state index in [1.807, 2.05) is 49.4 Å². The van der Waals surface area contributed by atoms with Crippen molar-refractivity contribution in [2.45, 2.75) is 6.92 Å². The van der Waals surface area contributed by atoms with Gasteiger partial charge in [-0.1, -0.05) is 54.7 Å². The SMILES string of the molecule is Cc1oc2ccccc2c(=S)c1-c1ccccc1. The molecule has 18 heavy (non-hydrogen) atoms. The van der Waals surface area contributed by atoms with Gasteiger partial charge in [0.05, 0.1) is 4.51 Å². The zero-order valence-corrected chi connectivity index (χ0v) is 10.8. The maximum absolute atomic E-state index is 5.86. The number of benzene rings is 2. The van der Waals surface area contributed by atoms with E-state index in [1.54, 1.807) is 0 Å². The van der Waals surface area contributed by atoms with Crippen LogP contribution in [0.2, 0.25) is 0 Å². The van der Waals surface area contributed by atoms with Crippen molar-refractivity contribution in [2.24, 2.45) is 0 Å². The van der Waals surface area contributed by atoms with Gasteiger partial charge in [0.1, 0.15) is 11.3 Å². The van der Waals surface area contributed by atoms with Crippen molar-refractivity contribution in [3.8, 4) is 11.1 Å². The van der Waals surface area contributed by atoms with E-state index in [2.05, 4.69) is 12.1 Å². The lowest BCUT2D eigenvalue weighted by atomic mass is 10.0. The number of aryl methyl sites for hydroxylation is 1. The second-order valence-corrected chi connectivity index (χ2v) is 4.63. The van der Waals surface area contributed by atoms with E-state index in [-0.39, 0.29) is 0 Å². The molecule has 0 saturated carbocycles. The van der Waals surface area contributed by atoms with Crippen molar-refractivity contribution >= 4 is 23.2 Å². The van der Waals surface area contributed by atoms with Crippen LogP contribution in [0.25, 0.3) is 22.1 Å². The highest BCUT2D eigenvalue weighted by atomic mass is 32.1. The van der Waals surface area contributed by atoms with Gasteiger partial charge in [0.2, 0.25) is 0 Å². The van der Waals surface area contributed by atoms with Gasteiger partial charge in [-0.25, -0.2) is 0 Å². The fourth-order valence-electron chi connectivity index (χ4n) is 2.19. The lowest BCUT2D eigenvalue weighted by Crippen LogP contribution is -1.86. The molecular weight excluding hydrogens is 240 g/mol. The molecule has 0 saturated heterocycles. The molecule has 0 bridgehead atoms. The van der Waals surface area contributed by atoms with Gasteiger partial charge in [-0.15, -0.1) is 0 Å². The summed E-state index contributed by atoms with van der Waals surface area (Å²) in [6, 6.07) is 18.0. The van der Waals surface area contributed by atoms with Gasteiger partial charge >= 0.3 is 0 Å². The van der Waals surface area contributed by atoms with Crippen LogP contribution < -0.4 is 0 Å². The van der Waals surface area contributed by atoms with Crippen LogP contribution in [-0.2, 0) is 0 Å². The van der Waals surface area contributed by atoms with E-state index in [0.717, 1.165) is 32.4 Å². The molecule has 0 fully saturated rings. The summed E-state index contributed by atoms with van der Waals surface area (Å²) in [6.07, 6.45) is 0. The first kappa shape index (κ1) is 11.2. The molecule has 0 spiro atoms. The van der Waals surface area contributed by atoms with Crippen LogP contribution in [0.1, 0.15) is 5.76 Å². The van der Waals surface area contributed by atoms with E-state index in [0.29, 0.717) is 0 Å². The van der Waals surface area contributed by atoms with Gasteiger partial charge in [0, 0.05) is 10.9 Å². The van der Waals surface area contributed by atoms with Gasteiger partial charge in [0.25, 0.3) is 0 Å². The minimum absolute atomic E-state index is 0.847. The fourth-order valence-corrected chi connectivity index (χ4v) is 2.62. The summed E-state index contributed by atoms with van der Waals surface area (Å²) in [6.45, 7) is 1.96. The Balaban J connectivity index is 2.41. The Morgan fingerprint density at radius 1 is 0.889 bits per heavy atom. The first-order valence-electron chi connectivity index (χ1n) is 5.85. The molecule has 0 aliphatic carbocycles. The first-order valence-corrected chi connectivity index (χ1v) is 6.26. The molecule has 0 atom stereocenters. The number of fused-ring (bicyclic) bond motifs is 1. The molecule has 3 aromatic rings. The molecule has 88 valence electrons. The Hall–Kier alpha value is -1.93.